The molecule has 6 nitrogen and oxygen atoms in total. The van der Waals surface area contributed by atoms with Gasteiger partial charge in [-0.15, -0.1) is 21.5 Å². The van der Waals surface area contributed by atoms with Crippen molar-refractivity contribution in [3.8, 4) is 0 Å². The molecule has 1 aliphatic rings. The number of aryl methyl sites for hydroxylation is 1. The van der Waals surface area contributed by atoms with Crippen LogP contribution in [0.25, 0.3) is 4.96 Å². The van der Waals surface area contributed by atoms with E-state index in [-0.39, 0.29) is 5.91 Å². The third kappa shape index (κ3) is 2.89. The molecule has 1 N–H and O–H groups in total. The van der Waals surface area contributed by atoms with Crippen molar-refractivity contribution < 1.29 is 4.79 Å². The number of aromatic nitrogens is 4. The van der Waals surface area contributed by atoms with Crippen LogP contribution in [0.5, 0.6) is 0 Å². The number of carbonyl (C=O) groups is 1. The molecule has 0 unspecified atom stereocenters. The molecule has 3 heterocycles. The number of hydrogen-bond acceptors (Lipinski definition) is 6. The minimum atomic E-state index is 0.0572. The van der Waals surface area contributed by atoms with E-state index >= 15 is 0 Å². The summed E-state index contributed by atoms with van der Waals surface area (Å²) < 4.78 is 1.83. The van der Waals surface area contributed by atoms with E-state index in [4.69, 9.17) is 0 Å². The molecule has 0 spiro atoms. The number of fused-ring (bicyclic) bond motifs is 1. The lowest BCUT2D eigenvalue weighted by atomic mass is 10.2. The SMILES string of the molecule is O=C(CCc1cccs1)NCc1nn2c(C3CC3)nnc2s1. The molecule has 0 aliphatic heterocycles. The summed E-state index contributed by atoms with van der Waals surface area (Å²) in [6.45, 7) is 0.460. The highest BCUT2D eigenvalue weighted by Gasteiger charge is 2.30. The maximum absolute atomic E-state index is 11.9. The van der Waals surface area contributed by atoms with Crippen LogP contribution in [0.2, 0.25) is 0 Å². The van der Waals surface area contributed by atoms with E-state index in [9.17, 15) is 4.79 Å². The molecule has 114 valence electrons. The van der Waals surface area contributed by atoms with Gasteiger partial charge in [0.2, 0.25) is 10.9 Å². The molecule has 0 radical (unpaired) electrons. The van der Waals surface area contributed by atoms with Crippen molar-refractivity contribution in [1.82, 2.24) is 25.1 Å². The van der Waals surface area contributed by atoms with Crippen LogP contribution in [-0.4, -0.2) is 25.7 Å². The van der Waals surface area contributed by atoms with Gasteiger partial charge in [0, 0.05) is 17.2 Å². The topological polar surface area (TPSA) is 72.2 Å². The first-order valence-corrected chi connectivity index (χ1v) is 8.99. The van der Waals surface area contributed by atoms with Crippen molar-refractivity contribution in [3.63, 3.8) is 0 Å². The Bertz CT molecular complexity index is 787. The summed E-state index contributed by atoms with van der Waals surface area (Å²) in [4.78, 5) is 13.9. The van der Waals surface area contributed by atoms with E-state index < -0.39 is 0 Å². The highest BCUT2D eigenvalue weighted by Crippen LogP contribution is 2.39. The normalized spacial score (nSPS) is 14.5. The Kier molecular flexibility index (Phi) is 3.63. The zero-order valence-corrected chi connectivity index (χ0v) is 13.5. The van der Waals surface area contributed by atoms with E-state index in [1.54, 1.807) is 11.3 Å². The molecule has 0 aromatic carbocycles. The van der Waals surface area contributed by atoms with Gasteiger partial charge in [-0.25, -0.2) is 0 Å². The standard InChI is InChI=1S/C14H15N5OS2/c20-11(6-5-10-2-1-7-21-10)15-8-12-18-19-13(9-3-4-9)16-17-14(19)22-12/h1-2,7,9H,3-6,8H2,(H,15,20). The number of carbonyl (C=O) groups excluding carboxylic acids is 1. The molecule has 4 rings (SSSR count). The number of hydrogen-bond donors (Lipinski definition) is 1. The summed E-state index contributed by atoms with van der Waals surface area (Å²) in [6, 6.07) is 4.06. The van der Waals surface area contributed by atoms with Gasteiger partial charge in [-0.2, -0.15) is 9.61 Å². The van der Waals surface area contributed by atoms with Gasteiger partial charge < -0.3 is 5.32 Å². The zero-order valence-electron chi connectivity index (χ0n) is 11.9. The van der Waals surface area contributed by atoms with E-state index in [0.29, 0.717) is 18.9 Å². The van der Waals surface area contributed by atoms with Gasteiger partial charge in [-0.1, -0.05) is 17.4 Å². The number of nitrogens with one attached hydrogen (secondary N) is 1. The molecule has 0 atom stereocenters. The summed E-state index contributed by atoms with van der Waals surface area (Å²) >= 11 is 3.17. The lowest BCUT2D eigenvalue weighted by Gasteiger charge is -2.01. The third-order valence-electron chi connectivity index (χ3n) is 3.61. The van der Waals surface area contributed by atoms with Crippen molar-refractivity contribution in [2.24, 2.45) is 0 Å². The molecule has 8 heteroatoms. The predicted molar refractivity (Wildman–Crippen MR) is 85.1 cm³/mol. The van der Waals surface area contributed by atoms with Crippen LogP contribution in [0.4, 0.5) is 0 Å². The second kappa shape index (κ2) is 5.77. The molecule has 1 amide bonds. The molecule has 1 saturated carbocycles. The van der Waals surface area contributed by atoms with Gasteiger partial charge in [-0.05, 0) is 30.7 Å². The zero-order chi connectivity index (χ0) is 14.9. The third-order valence-corrected chi connectivity index (χ3v) is 5.45. The van der Waals surface area contributed by atoms with E-state index in [2.05, 4.69) is 26.7 Å². The first-order valence-electron chi connectivity index (χ1n) is 7.29. The van der Waals surface area contributed by atoms with E-state index in [1.165, 1.54) is 29.1 Å². The summed E-state index contributed by atoms with van der Waals surface area (Å²) in [5.74, 6) is 1.54. The van der Waals surface area contributed by atoms with Crippen LogP contribution in [0.15, 0.2) is 17.5 Å². The highest BCUT2D eigenvalue weighted by atomic mass is 32.1. The molecule has 0 bridgehead atoms. The Balaban J connectivity index is 1.34. The van der Waals surface area contributed by atoms with Crippen LogP contribution in [-0.2, 0) is 17.8 Å². The van der Waals surface area contributed by atoms with Crippen molar-refractivity contribution in [2.45, 2.75) is 38.1 Å². The second-order valence-electron chi connectivity index (χ2n) is 5.38. The quantitative estimate of drug-likeness (QED) is 0.752. The second-order valence-corrected chi connectivity index (χ2v) is 7.45. The maximum atomic E-state index is 11.9. The molecule has 0 saturated heterocycles. The molecule has 1 fully saturated rings. The van der Waals surface area contributed by atoms with Gasteiger partial charge in [-0.3, -0.25) is 4.79 Å². The molecular formula is C14H15N5OS2. The van der Waals surface area contributed by atoms with Crippen molar-refractivity contribution >= 4 is 33.5 Å². The molecule has 3 aromatic rings. The first-order chi connectivity index (χ1) is 10.8. The molecular weight excluding hydrogens is 318 g/mol. The van der Waals surface area contributed by atoms with Gasteiger partial charge in [0.05, 0.1) is 6.54 Å². The Labute approximate surface area is 135 Å². The summed E-state index contributed by atoms with van der Waals surface area (Å²) in [5, 5.41) is 18.7. The number of amides is 1. The fourth-order valence-electron chi connectivity index (χ4n) is 2.29. The highest BCUT2D eigenvalue weighted by molar-refractivity contribution is 7.16. The van der Waals surface area contributed by atoms with Crippen molar-refractivity contribution in [2.75, 3.05) is 0 Å². The fourth-order valence-corrected chi connectivity index (χ4v) is 3.78. The van der Waals surface area contributed by atoms with Crippen LogP contribution in [0, 0.1) is 0 Å². The van der Waals surface area contributed by atoms with Crippen LogP contribution in [0.3, 0.4) is 0 Å². The number of nitrogens with zero attached hydrogens (tertiary/aromatic N) is 4. The van der Waals surface area contributed by atoms with Crippen LogP contribution >= 0.6 is 22.7 Å². The Morgan fingerprint density at radius 3 is 3.09 bits per heavy atom. The summed E-state index contributed by atoms with van der Waals surface area (Å²) in [7, 11) is 0. The first kappa shape index (κ1) is 13.8. The Morgan fingerprint density at radius 1 is 1.41 bits per heavy atom. The summed E-state index contributed by atoms with van der Waals surface area (Å²) in [5.41, 5.74) is 0. The average Bonchev–Trinajstić information content (AvgIpc) is 2.94. The maximum Gasteiger partial charge on any atom is 0.234 e. The largest absolute Gasteiger partial charge is 0.350 e. The molecule has 22 heavy (non-hydrogen) atoms. The van der Waals surface area contributed by atoms with Crippen LogP contribution < -0.4 is 5.32 Å². The minimum Gasteiger partial charge on any atom is -0.350 e. The average molecular weight is 333 g/mol. The van der Waals surface area contributed by atoms with Gasteiger partial charge >= 0.3 is 0 Å². The Hall–Kier alpha value is -1.80. The predicted octanol–water partition coefficient (Wildman–Crippen LogP) is 2.37. The van der Waals surface area contributed by atoms with Gasteiger partial charge in [0.25, 0.3) is 0 Å². The Morgan fingerprint density at radius 2 is 2.32 bits per heavy atom. The monoisotopic (exact) mass is 333 g/mol. The molecule has 1 aliphatic carbocycles. The fraction of sp³-hybridized carbons (Fsp3) is 0.429. The summed E-state index contributed by atoms with van der Waals surface area (Å²) in [6.07, 6.45) is 3.65. The van der Waals surface area contributed by atoms with E-state index in [1.807, 2.05) is 16.0 Å². The van der Waals surface area contributed by atoms with Crippen molar-refractivity contribution in [1.29, 1.82) is 0 Å². The van der Waals surface area contributed by atoms with Gasteiger partial charge in [0.1, 0.15) is 5.01 Å². The number of rotatable bonds is 6. The van der Waals surface area contributed by atoms with E-state index in [0.717, 1.165) is 22.2 Å². The van der Waals surface area contributed by atoms with Crippen LogP contribution in [0.1, 0.15) is 40.9 Å². The lowest BCUT2D eigenvalue weighted by Crippen LogP contribution is -2.22. The number of thiophene rings is 1. The van der Waals surface area contributed by atoms with Crippen molar-refractivity contribution in [3.05, 3.63) is 33.2 Å². The lowest BCUT2D eigenvalue weighted by molar-refractivity contribution is -0.121. The minimum absolute atomic E-state index is 0.0572. The molecule has 3 aromatic heterocycles. The smallest absolute Gasteiger partial charge is 0.234 e. The van der Waals surface area contributed by atoms with Gasteiger partial charge in [0.15, 0.2) is 5.82 Å².